The van der Waals surface area contributed by atoms with Gasteiger partial charge in [0.1, 0.15) is 0 Å². The first-order valence-corrected chi connectivity index (χ1v) is 21.7. The molecule has 0 radical (unpaired) electrons. The number of carbonyl (C=O) groups is 1. The Morgan fingerprint density at radius 2 is 1.19 bits per heavy atom. The number of rotatable bonds is 13. The van der Waals surface area contributed by atoms with Crippen molar-refractivity contribution in [3.8, 4) is 28.1 Å². The van der Waals surface area contributed by atoms with Crippen LogP contribution >= 0.6 is 0 Å². The van der Waals surface area contributed by atoms with E-state index in [1.165, 1.54) is 9.13 Å². The van der Waals surface area contributed by atoms with Gasteiger partial charge in [0.2, 0.25) is 5.88 Å². The van der Waals surface area contributed by atoms with Crippen LogP contribution in [0.2, 0.25) is 0 Å². The summed E-state index contributed by atoms with van der Waals surface area (Å²) in [5, 5.41) is 14.0. The molecule has 4 fully saturated rings. The topological polar surface area (TPSA) is 142 Å². The van der Waals surface area contributed by atoms with Gasteiger partial charge in [0.05, 0.1) is 54.7 Å². The number of pyridine rings is 2. The molecule has 1 amide bonds. The standard InChI is InChI=1S/C45H55N7O7/c53-41(50-16-3-4-17-50)32-9-7-31(8-10-32)33-29-34-38-37-35(43(55)51(44(56)39(33)37)18-5-14-48-21-25-58-26-22-48)30-36(46-11-20-47-12-1-2-13-47)40(38)45(57)52(42(34)54)19-6-15-49-23-27-59-28-24-49/h7-10,29-30,54H,1-6,11-28H2. The number of hydrogen-bond acceptors (Lipinski definition) is 11. The van der Waals surface area contributed by atoms with Crippen molar-refractivity contribution in [3.05, 3.63) is 78.4 Å². The molecule has 14 heteroatoms. The average molecular weight is 806 g/mol. The van der Waals surface area contributed by atoms with Crippen LogP contribution in [0.15, 0.2) is 55.8 Å². The van der Waals surface area contributed by atoms with Gasteiger partial charge in [0.15, 0.2) is 0 Å². The lowest BCUT2D eigenvalue weighted by Crippen LogP contribution is -2.40. The fourth-order valence-corrected chi connectivity index (χ4v) is 9.68. The lowest BCUT2D eigenvalue weighted by molar-refractivity contribution is 0.0368. The van der Waals surface area contributed by atoms with Gasteiger partial charge >= 0.3 is 0 Å². The van der Waals surface area contributed by atoms with E-state index in [1.807, 2.05) is 17.0 Å². The highest BCUT2D eigenvalue weighted by atomic mass is 16.5. The molecule has 312 valence electrons. The van der Waals surface area contributed by atoms with Crippen LogP contribution in [0.25, 0.3) is 43.8 Å². The summed E-state index contributed by atoms with van der Waals surface area (Å²) in [5.41, 5.74) is 1.18. The summed E-state index contributed by atoms with van der Waals surface area (Å²) >= 11 is 0. The smallest absolute Gasteiger partial charge is 0.263 e. The lowest BCUT2D eigenvalue weighted by Gasteiger charge is -2.27. The summed E-state index contributed by atoms with van der Waals surface area (Å²) in [6, 6.07) is 10.8. The summed E-state index contributed by atoms with van der Waals surface area (Å²) < 4.78 is 13.8. The Morgan fingerprint density at radius 1 is 0.610 bits per heavy atom. The highest BCUT2D eigenvalue weighted by molar-refractivity contribution is 6.19. The molecule has 1 N–H and O–H groups in total. The molecule has 1 aliphatic carbocycles. The monoisotopic (exact) mass is 805 g/mol. The Labute approximate surface area is 342 Å². The average Bonchev–Trinajstić information content (AvgIpc) is 4.01. The zero-order chi connectivity index (χ0) is 40.5. The number of carbonyl (C=O) groups excluding carboxylic acids is 1. The number of aromatic hydroxyl groups is 1. The van der Waals surface area contributed by atoms with Crippen LogP contribution in [0, 0.1) is 0 Å². The minimum Gasteiger partial charge on any atom is -0.494 e. The van der Waals surface area contributed by atoms with Gasteiger partial charge in [-0.2, -0.15) is 0 Å². The predicted molar refractivity (Wildman–Crippen MR) is 227 cm³/mol. The molecule has 59 heavy (non-hydrogen) atoms. The van der Waals surface area contributed by atoms with E-state index in [0.717, 1.165) is 97.7 Å². The van der Waals surface area contributed by atoms with E-state index < -0.39 is 11.1 Å². The van der Waals surface area contributed by atoms with Crippen LogP contribution in [-0.4, -0.2) is 145 Å². The van der Waals surface area contributed by atoms with E-state index >= 15 is 0 Å². The molecule has 0 atom stereocenters. The number of amides is 1. The zero-order valence-corrected chi connectivity index (χ0v) is 34.0. The summed E-state index contributed by atoms with van der Waals surface area (Å²) in [6.45, 7) is 12.5. The van der Waals surface area contributed by atoms with Crippen molar-refractivity contribution in [3.63, 3.8) is 0 Å². The molecular weight excluding hydrogens is 751 g/mol. The van der Waals surface area contributed by atoms with Gasteiger partial charge in [-0.3, -0.25) is 43.1 Å². The van der Waals surface area contributed by atoms with Crippen molar-refractivity contribution in [2.75, 3.05) is 105 Å². The molecule has 0 spiro atoms. The summed E-state index contributed by atoms with van der Waals surface area (Å²) in [5.74, 6) is -0.228. The predicted octanol–water partition coefficient (Wildman–Crippen LogP) is 2.71. The van der Waals surface area contributed by atoms with Gasteiger partial charge in [-0.15, -0.1) is 0 Å². The fraction of sp³-hybridized carbons (Fsp3) is 0.533. The highest BCUT2D eigenvalue weighted by Crippen LogP contribution is 2.42. The summed E-state index contributed by atoms with van der Waals surface area (Å²) in [6.07, 6.45) is 5.49. The second kappa shape index (κ2) is 17.5. The lowest BCUT2D eigenvalue weighted by atomic mass is 9.86. The first-order valence-electron chi connectivity index (χ1n) is 21.7. The maximum atomic E-state index is 14.9. The van der Waals surface area contributed by atoms with Crippen molar-refractivity contribution in [2.24, 2.45) is 4.99 Å². The molecule has 1 aromatic heterocycles. The van der Waals surface area contributed by atoms with Crippen molar-refractivity contribution >= 4 is 27.5 Å². The number of morpholine rings is 2. The number of hydrogen-bond donors (Lipinski definition) is 1. The minimum atomic E-state index is -0.437. The van der Waals surface area contributed by atoms with Gasteiger partial charge in [-0.1, -0.05) is 12.1 Å². The van der Waals surface area contributed by atoms with Gasteiger partial charge in [-0.05, 0) is 87.0 Å². The molecule has 4 saturated heterocycles. The molecule has 0 bridgehead atoms. The Kier molecular flexibility index (Phi) is 11.8. The normalized spacial score (nSPS) is 19.1. The molecule has 2 aromatic carbocycles. The van der Waals surface area contributed by atoms with E-state index in [0.29, 0.717) is 101 Å². The third-order valence-electron chi connectivity index (χ3n) is 12.9. The van der Waals surface area contributed by atoms with Crippen molar-refractivity contribution in [2.45, 2.75) is 51.6 Å². The van der Waals surface area contributed by atoms with E-state index in [-0.39, 0.29) is 30.4 Å². The first kappa shape index (κ1) is 39.7. The van der Waals surface area contributed by atoms with E-state index in [1.54, 1.807) is 24.3 Å². The van der Waals surface area contributed by atoms with Crippen LogP contribution in [0.3, 0.4) is 0 Å². The van der Waals surface area contributed by atoms with Crippen LogP contribution in [0.4, 0.5) is 0 Å². The Bertz CT molecular complexity index is 2490. The van der Waals surface area contributed by atoms with Crippen molar-refractivity contribution < 1.29 is 19.4 Å². The third-order valence-corrected chi connectivity index (χ3v) is 12.9. The van der Waals surface area contributed by atoms with E-state index in [4.69, 9.17) is 14.5 Å². The number of ether oxygens (including phenoxy) is 2. The number of aromatic nitrogens is 2. The van der Waals surface area contributed by atoms with Gasteiger partial charge in [0, 0.05) is 93.9 Å². The minimum absolute atomic E-state index is 0.0257. The Morgan fingerprint density at radius 3 is 1.83 bits per heavy atom. The summed E-state index contributed by atoms with van der Waals surface area (Å²) in [4.78, 5) is 71.5. The van der Waals surface area contributed by atoms with Crippen LogP contribution < -0.4 is 22.0 Å². The molecular formula is C45H55N7O7. The SMILES string of the molecule is O=C(c1ccc(-c2cc3c(O)n(CCCN4CCOCC4)c(=O)c4c(=NCCN5CCCC5)cc5c(=O)n(CCCN6CCOCC6)c(=O)c2c-5c34)cc1)N1CCCC1. The number of nitrogens with zero attached hydrogens (tertiary/aromatic N) is 7. The molecule has 3 aromatic rings. The summed E-state index contributed by atoms with van der Waals surface area (Å²) in [7, 11) is 0. The highest BCUT2D eigenvalue weighted by Gasteiger charge is 2.30. The molecule has 9 rings (SSSR count). The maximum Gasteiger partial charge on any atom is 0.263 e. The Balaban J connectivity index is 1.22. The fourth-order valence-electron chi connectivity index (χ4n) is 9.68. The molecule has 0 saturated carbocycles. The molecule has 0 unspecified atom stereocenters. The maximum absolute atomic E-state index is 14.9. The van der Waals surface area contributed by atoms with E-state index in [9.17, 15) is 24.3 Å². The second-order valence-corrected chi connectivity index (χ2v) is 16.6. The molecule has 6 aliphatic rings. The number of benzene rings is 3. The largest absolute Gasteiger partial charge is 0.494 e. The Hall–Kier alpha value is -4.73. The van der Waals surface area contributed by atoms with E-state index in [2.05, 4.69) is 14.7 Å². The number of likely N-dealkylation sites (tertiary alicyclic amines) is 2. The first-order chi connectivity index (χ1) is 28.9. The van der Waals surface area contributed by atoms with Gasteiger partial charge in [0.25, 0.3) is 22.6 Å². The third kappa shape index (κ3) is 7.88. The second-order valence-electron chi connectivity index (χ2n) is 16.6. The van der Waals surface area contributed by atoms with Crippen LogP contribution in [0.1, 0.15) is 48.9 Å². The molecule has 6 heterocycles. The van der Waals surface area contributed by atoms with Gasteiger partial charge in [-0.25, -0.2) is 0 Å². The van der Waals surface area contributed by atoms with Gasteiger partial charge < -0.3 is 24.4 Å². The van der Waals surface area contributed by atoms with Crippen LogP contribution in [0.5, 0.6) is 5.88 Å². The zero-order valence-electron chi connectivity index (χ0n) is 34.0. The molecule has 14 nitrogen and oxygen atoms in total. The molecule has 5 aliphatic heterocycles. The van der Waals surface area contributed by atoms with Crippen molar-refractivity contribution in [1.82, 2.24) is 28.7 Å². The van der Waals surface area contributed by atoms with Crippen molar-refractivity contribution in [1.29, 1.82) is 0 Å². The quantitative estimate of drug-likeness (QED) is 0.177. The van der Waals surface area contributed by atoms with Crippen LogP contribution in [-0.2, 0) is 22.6 Å².